The van der Waals surface area contributed by atoms with E-state index in [4.69, 9.17) is 9.84 Å². The fourth-order valence-electron chi connectivity index (χ4n) is 9.58. The van der Waals surface area contributed by atoms with Gasteiger partial charge >= 0.3 is 11.9 Å². The SMILES string of the molecule is CCCCCCCCC(CCCCCCCC)OC(=O)CCCCCCCN(CCCCCCCC(=O)O)CCCNc1c(NCCN(CCCCCCCC)CCCCCCCC)c(=O)c1=O. The topological polar surface area (TPSA) is 128 Å². The number of carboxylic acids is 1. The van der Waals surface area contributed by atoms with E-state index >= 15 is 0 Å². The number of ether oxygens (including phenoxy) is 1. The molecular formula is C58H110N4O6. The molecule has 0 amide bonds. The van der Waals surface area contributed by atoms with E-state index in [9.17, 15) is 19.2 Å². The Morgan fingerprint density at radius 2 is 0.735 bits per heavy atom. The molecule has 0 saturated heterocycles. The molecule has 398 valence electrons. The summed E-state index contributed by atoms with van der Waals surface area (Å²) in [5.74, 6) is -0.725. The molecule has 1 aromatic carbocycles. The summed E-state index contributed by atoms with van der Waals surface area (Å²) < 4.78 is 6.09. The highest BCUT2D eigenvalue weighted by Crippen LogP contribution is 2.19. The zero-order chi connectivity index (χ0) is 49.6. The molecule has 10 nitrogen and oxygen atoms in total. The van der Waals surface area contributed by atoms with Gasteiger partial charge in [-0.2, -0.15) is 0 Å². The van der Waals surface area contributed by atoms with Crippen molar-refractivity contribution in [1.29, 1.82) is 0 Å². The first-order valence-electron chi connectivity index (χ1n) is 29.4. The number of unbranched alkanes of at least 4 members (excludes halogenated alkanes) is 28. The average Bonchev–Trinajstić information content (AvgIpc) is 3.33. The Morgan fingerprint density at radius 1 is 0.412 bits per heavy atom. The molecule has 0 fully saturated rings. The van der Waals surface area contributed by atoms with Gasteiger partial charge in [0.25, 0.3) is 10.9 Å². The molecule has 1 rings (SSSR count). The van der Waals surface area contributed by atoms with Crippen molar-refractivity contribution in [1.82, 2.24) is 9.80 Å². The lowest BCUT2D eigenvalue weighted by molar-refractivity contribution is -0.150. The van der Waals surface area contributed by atoms with Gasteiger partial charge < -0.3 is 30.3 Å². The van der Waals surface area contributed by atoms with E-state index in [0.29, 0.717) is 30.9 Å². The van der Waals surface area contributed by atoms with Crippen molar-refractivity contribution in [3.05, 3.63) is 20.4 Å². The molecule has 0 aliphatic rings. The second-order valence-electron chi connectivity index (χ2n) is 20.5. The smallest absolute Gasteiger partial charge is 0.306 e. The number of hydrogen-bond acceptors (Lipinski definition) is 9. The van der Waals surface area contributed by atoms with Crippen LogP contribution in [0.2, 0.25) is 0 Å². The minimum absolute atomic E-state index is 0.00871. The van der Waals surface area contributed by atoms with Crippen LogP contribution in [0, 0.1) is 0 Å². The number of nitrogens with zero attached hydrogens (tertiary/aromatic N) is 2. The van der Waals surface area contributed by atoms with Gasteiger partial charge in [0.05, 0.1) is 0 Å². The molecular weight excluding hydrogens is 849 g/mol. The largest absolute Gasteiger partial charge is 0.481 e. The van der Waals surface area contributed by atoms with E-state index in [2.05, 4.69) is 48.1 Å². The lowest BCUT2D eigenvalue weighted by atomic mass is 10.0. The second-order valence-corrected chi connectivity index (χ2v) is 20.5. The van der Waals surface area contributed by atoms with Crippen molar-refractivity contribution in [2.24, 2.45) is 0 Å². The summed E-state index contributed by atoms with van der Waals surface area (Å²) in [4.78, 5) is 54.3. The van der Waals surface area contributed by atoms with Crippen molar-refractivity contribution in [2.75, 3.05) is 63.0 Å². The van der Waals surface area contributed by atoms with Gasteiger partial charge in [-0.3, -0.25) is 19.2 Å². The van der Waals surface area contributed by atoms with E-state index in [1.807, 2.05) is 0 Å². The average molecular weight is 960 g/mol. The molecule has 10 heteroatoms. The van der Waals surface area contributed by atoms with Gasteiger partial charge in [-0.15, -0.1) is 0 Å². The Morgan fingerprint density at radius 3 is 1.15 bits per heavy atom. The van der Waals surface area contributed by atoms with Gasteiger partial charge in [0.15, 0.2) is 0 Å². The van der Waals surface area contributed by atoms with Crippen LogP contribution in [0.1, 0.15) is 278 Å². The van der Waals surface area contributed by atoms with Crippen LogP contribution in [-0.4, -0.2) is 85.3 Å². The number of carbonyl (C=O) groups is 2. The monoisotopic (exact) mass is 959 g/mol. The maximum Gasteiger partial charge on any atom is 0.306 e. The molecule has 0 atom stereocenters. The summed E-state index contributed by atoms with van der Waals surface area (Å²) in [5, 5.41) is 15.7. The van der Waals surface area contributed by atoms with Crippen LogP contribution in [0.3, 0.4) is 0 Å². The van der Waals surface area contributed by atoms with E-state index in [0.717, 1.165) is 136 Å². The zero-order valence-corrected chi connectivity index (χ0v) is 45.2. The van der Waals surface area contributed by atoms with Crippen molar-refractivity contribution >= 4 is 23.3 Å². The van der Waals surface area contributed by atoms with Crippen LogP contribution in [0.4, 0.5) is 11.4 Å². The van der Waals surface area contributed by atoms with Crippen LogP contribution < -0.4 is 21.5 Å². The maximum absolute atomic E-state index is 12.9. The minimum atomic E-state index is -0.716. The first-order valence-corrected chi connectivity index (χ1v) is 29.4. The van der Waals surface area contributed by atoms with Gasteiger partial charge in [0.2, 0.25) is 0 Å². The molecule has 0 aliphatic heterocycles. The molecule has 3 N–H and O–H groups in total. The second kappa shape index (κ2) is 46.9. The number of carbonyl (C=O) groups excluding carboxylic acids is 1. The minimum Gasteiger partial charge on any atom is -0.481 e. The Bertz CT molecular complexity index is 1330. The summed E-state index contributed by atoms with van der Waals surface area (Å²) in [6, 6.07) is 0. The molecule has 68 heavy (non-hydrogen) atoms. The Labute approximate surface area is 418 Å². The van der Waals surface area contributed by atoms with E-state index < -0.39 is 16.8 Å². The van der Waals surface area contributed by atoms with Crippen molar-refractivity contribution < 1.29 is 19.4 Å². The number of hydrogen-bond donors (Lipinski definition) is 3. The number of anilines is 2. The third kappa shape index (κ3) is 36.5. The third-order valence-electron chi connectivity index (χ3n) is 14.0. The highest BCUT2D eigenvalue weighted by molar-refractivity contribution is 5.74. The fraction of sp³-hybridized carbons (Fsp3) is 0.897. The number of carboxylic acid groups (broad SMARTS) is 1. The number of esters is 1. The standard InChI is InChI=1S/C58H110N4O6/c1-5-9-13-17-23-31-40-52(41-32-24-18-14-10-6-2)68-54(65)43-34-26-22-30-36-47-61(46-35-29-21-25-33-42-53(63)64)50-39-44-59-55-56(58(67)57(55)66)60-45-51-62(48-37-27-19-15-11-7-3)49-38-28-20-16-12-8-4/h52,59-60H,5-51H2,1-4H3,(H,63,64). The summed E-state index contributed by atoms with van der Waals surface area (Å²) in [5.41, 5.74) is 0.112. The molecule has 0 bridgehead atoms. The molecule has 0 aromatic heterocycles. The highest BCUT2D eigenvalue weighted by Gasteiger charge is 2.21. The van der Waals surface area contributed by atoms with Gasteiger partial charge in [-0.05, 0) is 103 Å². The molecule has 0 heterocycles. The van der Waals surface area contributed by atoms with E-state index in [1.54, 1.807) is 0 Å². The summed E-state index contributed by atoms with van der Waals surface area (Å²) in [6.07, 6.45) is 44.6. The molecule has 0 radical (unpaired) electrons. The first-order chi connectivity index (χ1) is 33.3. The Balaban J connectivity index is 2.58. The van der Waals surface area contributed by atoms with Gasteiger partial charge in [-0.1, -0.05) is 195 Å². The Hall–Kier alpha value is -2.46. The Kier molecular flexibility index (Phi) is 43.8. The number of rotatable bonds is 54. The number of aliphatic carboxylic acids is 1. The highest BCUT2D eigenvalue weighted by atomic mass is 16.5. The van der Waals surface area contributed by atoms with Crippen LogP contribution >= 0.6 is 0 Å². The molecule has 1 aromatic rings. The predicted molar refractivity (Wildman–Crippen MR) is 291 cm³/mol. The molecule has 0 aliphatic carbocycles. The summed E-state index contributed by atoms with van der Waals surface area (Å²) in [6.45, 7) is 16.3. The quantitative estimate of drug-likeness (QED) is 0.0330. The van der Waals surface area contributed by atoms with Gasteiger partial charge in [0.1, 0.15) is 17.5 Å². The summed E-state index contributed by atoms with van der Waals surface area (Å²) >= 11 is 0. The molecule has 0 unspecified atom stereocenters. The lowest BCUT2D eigenvalue weighted by Gasteiger charge is -2.24. The van der Waals surface area contributed by atoms with Crippen LogP contribution in [0.15, 0.2) is 9.59 Å². The fourth-order valence-corrected chi connectivity index (χ4v) is 9.58. The predicted octanol–water partition coefficient (Wildman–Crippen LogP) is 15.0. The van der Waals surface area contributed by atoms with Gasteiger partial charge in [0, 0.05) is 32.5 Å². The normalized spacial score (nSPS) is 11.8. The van der Waals surface area contributed by atoms with Crippen molar-refractivity contribution in [3.8, 4) is 0 Å². The van der Waals surface area contributed by atoms with Crippen LogP contribution in [0.25, 0.3) is 0 Å². The van der Waals surface area contributed by atoms with Crippen molar-refractivity contribution in [3.63, 3.8) is 0 Å². The lowest BCUT2D eigenvalue weighted by Crippen LogP contribution is -2.39. The van der Waals surface area contributed by atoms with E-state index in [-0.39, 0.29) is 18.5 Å². The first kappa shape index (κ1) is 63.6. The van der Waals surface area contributed by atoms with Crippen LogP contribution in [0.5, 0.6) is 0 Å². The molecule has 0 saturated carbocycles. The molecule has 0 spiro atoms. The maximum atomic E-state index is 12.9. The van der Waals surface area contributed by atoms with Gasteiger partial charge in [-0.25, -0.2) is 0 Å². The van der Waals surface area contributed by atoms with Crippen molar-refractivity contribution in [2.45, 2.75) is 284 Å². The number of nitrogens with one attached hydrogen (secondary N) is 2. The zero-order valence-electron chi connectivity index (χ0n) is 45.2. The summed E-state index contributed by atoms with van der Waals surface area (Å²) in [7, 11) is 0. The van der Waals surface area contributed by atoms with Crippen LogP contribution in [-0.2, 0) is 14.3 Å². The van der Waals surface area contributed by atoms with E-state index in [1.165, 1.54) is 141 Å². The third-order valence-corrected chi connectivity index (χ3v) is 14.0.